The smallest absolute Gasteiger partial charge is 0.0900 e. The summed E-state index contributed by atoms with van der Waals surface area (Å²) in [6.07, 6.45) is 0.177. The highest BCUT2D eigenvalue weighted by Crippen LogP contribution is 2.39. The Labute approximate surface area is 323 Å². The largest absolute Gasteiger partial charge is 0.311 e. The van der Waals surface area contributed by atoms with Crippen LogP contribution in [0.3, 0.4) is 0 Å². The van der Waals surface area contributed by atoms with Gasteiger partial charge in [0.1, 0.15) is 0 Å². The number of benzene rings is 9. The number of fused-ring (bicyclic) bond motifs is 6. The van der Waals surface area contributed by atoms with Crippen molar-refractivity contribution >= 4 is 64.6 Å². The molecule has 0 spiro atoms. The maximum absolute atomic E-state index is 3.90. The summed E-state index contributed by atoms with van der Waals surface area (Å²) >= 11 is 0. The molecule has 0 bridgehead atoms. The molecule has 0 atom stereocenters. The van der Waals surface area contributed by atoms with Crippen LogP contribution in [0.2, 0.25) is 0 Å². The van der Waals surface area contributed by atoms with Crippen LogP contribution >= 0.6 is 0 Å². The van der Waals surface area contributed by atoms with Crippen molar-refractivity contribution in [1.29, 1.82) is 0 Å². The third-order valence-corrected chi connectivity index (χ3v) is 12.0. The van der Waals surface area contributed by atoms with Crippen LogP contribution in [-0.4, -0.2) is 49.1 Å². The molecule has 0 unspecified atom stereocenters. The summed E-state index contributed by atoms with van der Waals surface area (Å²) in [6, 6.07) is 60.3. The highest BCUT2D eigenvalue weighted by atomic mass is 15.4. The van der Waals surface area contributed by atoms with Crippen molar-refractivity contribution in [3.63, 3.8) is 0 Å². The Balaban J connectivity index is 0.926. The molecule has 10 rings (SSSR count). The average Bonchev–Trinajstić information content (AvgIpc) is 3.63. The Morgan fingerprint density at radius 1 is 0.382 bits per heavy atom. The zero-order valence-corrected chi connectivity index (χ0v) is 31.2. The molecule has 1 aliphatic rings. The predicted octanol–water partition coefficient (Wildman–Crippen LogP) is 10.8. The van der Waals surface area contributed by atoms with Gasteiger partial charge in [-0.15, -0.1) is 0 Å². The van der Waals surface area contributed by atoms with Gasteiger partial charge < -0.3 is 10.6 Å². The van der Waals surface area contributed by atoms with Gasteiger partial charge in [-0.25, -0.2) is 0 Å². The zero-order chi connectivity index (χ0) is 36.6. The molecule has 4 nitrogen and oxygen atoms in total. The van der Waals surface area contributed by atoms with Gasteiger partial charge >= 0.3 is 0 Å². The van der Waals surface area contributed by atoms with Crippen LogP contribution in [0.1, 0.15) is 22.9 Å². The molecule has 4 heteroatoms. The molecule has 1 heterocycles. The standard InChI is InChI=1S/C51H46N4/c1-7-19-42-36(13-1)31-37-14-2-8-20-43(37)48(42)34-52-25-27-54-29-30-55(51(54)50-46-23-11-5-17-40(46)33-41-18-6-12-24-47(41)50)28-26-53-35-49-44-21-9-3-15-38(44)32-39-16-4-10-22-45(39)49/h1-24,31-33,51-53H,25-30,34-35H2. The molecule has 1 aliphatic heterocycles. The van der Waals surface area contributed by atoms with Crippen molar-refractivity contribution in [1.82, 2.24) is 20.4 Å². The Hall–Kier alpha value is -5.62. The molecule has 55 heavy (non-hydrogen) atoms. The minimum atomic E-state index is 0.177. The number of nitrogens with zero attached hydrogens (tertiary/aromatic N) is 2. The first kappa shape index (κ1) is 33.9. The van der Waals surface area contributed by atoms with Gasteiger partial charge in [0, 0.05) is 52.4 Å². The number of rotatable bonds is 11. The molecule has 270 valence electrons. The van der Waals surface area contributed by atoms with Gasteiger partial charge in [-0.3, -0.25) is 9.80 Å². The zero-order valence-electron chi connectivity index (χ0n) is 31.2. The molecular formula is C51H46N4. The van der Waals surface area contributed by atoms with E-state index in [1.165, 1.54) is 81.3 Å². The van der Waals surface area contributed by atoms with Crippen molar-refractivity contribution in [2.75, 3.05) is 39.3 Å². The molecular weight excluding hydrogens is 669 g/mol. The lowest BCUT2D eigenvalue weighted by atomic mass is 9.94. The SMILES string of the molecule is c1ccc2c(CNCCN3CCN(CCNCc4c5ccccc5cc5ccccc45)C3c3c4ccccc4cc4ccccc34)c3ccccc3cc2c1. The molecule has 2 N–H and O–H groups in total. The Morgan fingerprint density at radius 2 is 0.673 bits per heavy atom. The summed E-state index contributed by atoms with van der Waals surface area (Å²) in [5.41, 5.74) is 4.21. The average molecular weight is 715 g/mol. The molecule has 0 radical (unpaired) electrons. The van der Waals surface area contributed by atoms with Crippen LogP contribution in [0.5, 0.6) is 0 Å². The van der Waals surface area contributed by atoms with Crippen LogP contribution in [0, 0.1) is 0 Å². The van der Waals surface area contributed by atoms with Crippen molar-refractivity contribution in [2.45, 2.75) is 19.3 Å². The van der Waals surface area contributed by atoms with Crippen molar-refractivity contribution < 1.29 is 0 Å². The first-order valence-corrected chi connectivity index (χ1v) is 19.9. The van der Waals surface area contributed by atoms with Gasteiger partial charge in [0.05, 0.1) is 6.17 Å². The number of hydrogen-bond donors (Lipinski definition) is 2. The lowest BCUT2D eigenvalue weighted by molar-refractivity contribution is 0.141. The minimum absolute atomic E-state index is 0.177. The molecule has 9 aromatic rings. The van der Waals surface area contributed by atoms with Gasteiger partial charge in [0.2, 0.25) is 0 Å². The summed E-state index contributed by atoms with van der Waals surface area (Å²) in [5.74, 6) is 0. The van der Waals surface area contributed by atoms with E-state index in [4.69, 9.17) is 0 Å². The van der Waals surface area contributed by atoms with Crippen molar-refractivity contribution in [2.24, 2.45) is 0 Å². The van der Waals surface area contributed by atoms with E-state index in [0.717, 1.165) is 52.4 Å². The summed E-state index contributed by atoms with van der Waals surface area (Å²) in [6.45, 7) is 7.52. The molecule has 9 aromatic carbocycles. The molecule has 1 fully saturated rings. The quantitative estimate of drug-likeness (QED) is 0.103. The van der Waals surface area contributed by atoms with Gasteiger partial charge in [-0.1, -0.05) is 146 Å². The minimum Gasteiger partial charge on any atom is -0.311 e. The van der Waals surface area contributed by atoms with Crippen LogP contribution < -0.4 is 10.6 Å². The van der Waals surface area contributed by atoms with E-state index in [-0.39, 0.29) is 6.17 Å². The maximum Gasteiger partial charge on any atom is 0.0900 e. The Morgan fingerprint density at radius 3 is 1.02 bits per heavy atom. The monoisotopic (exact) mass is 714 g/mol. The second-order valence-electron chi connectivity index (χ2n) is 15.1. The van der Waals surface area contributed by atoms with Crippen LogP contribution in [0.25, 0.3) is 64.6 Å². The summed E-state index contributed by atoms with van der Waals surface area (Å²) < 4.78 is 0. The van der Waals surface area contributed by atoms with Crippen LogP contribution in [0.4, 0.5) is 0 Å². The van der Waals surface area contributed by atoms with E-state index in [0.29, 0.717) is 0 Å². The summed E-state index contributed by atoms with van der Waals surface area (Å²) in [4.78, 5) is 5.45. The van der Waals surface area contributed by atoms with E-state index in [2.05, 4.69) is 184 Å². The van der Waals surface area contributed by atoms with E-state index in [9.17, 15) is 0 Å². The Bertz CT molecular complexity index is 2530. The summed E-state index contributed by atoms with van der Waals surface area (Å²) in [5, 5.41) is 23.7. The molecule has 0 aliphatic carbocycles. The van der Waals surface area contributed by atoms with Crippen molar-refractivity contribution in [3.05, 3.63) is 180 Å². The third-order valence-electron chi connectivity index (χ3n) is 12.0. The Kier molecular flexibility index (Phi) is 9.19. The predicted molar refractivity (Wildman–Crippen MR) is 234 cm³/mol. The van der Waals surface area contributed by atoms with E-state index in [1.54, 1.807) is 0 Å². The first-order valence-electron chi connectivity index (χ1n) is 19.9. The number of hydrogen-bond acceptors (Lipinski definition) is 4. The van der Waals surface area contributed by atoms with Gasteiger partial charge in [-0.2, -0.15) is 0 Å². The topological polar surface area (TPSA) is 30.5 Å². The molecule has 0 aromatic heterocycles. The molecule has 0 amide bonds. The van der Waals surface area contributed by atoms with E-state index in [1.807, 2.05) is 0 Å². The first-order chi connectivity index (χ1) is 27.3. The fourth-order valence-corrected chi connectivity index (χ4v) is 9.36. The fraction of sp³-hybridized carbons (Fsp3) is 0.176. The second-order valence-corrected chi connectivity index (χ2v) is 15.1. The van der Waals surface area contributed by atoms with Crippen LogP contribution in [-0.2, 0) is 13.1 Å². The van der Waals surface area contributed by atoms with E-state index >= 15 is 0 Å². The fourth-order valence-electron chi connectivity index (χ4n) is 9.36. The second kappa shape index (κ2) is 14.9. The number of nitrogens with one attached hydrogen (secondary N) is 2. The van der Waals surface area contributed by atoms with Gasteiger partial charge in [0.15, 0.2) is 0 Å². The van der Waals surface area contributed by atoms with Gasteiger partial charge in [-0.05, 0) is 99.5 Å². The maximum atomic E-state index is 3.90. The molecule has 1 saturated heterocycles. The van der Waals surface area contributed by atoms with Gasteiger partial charge in [0.25, 0.3) is 0 Å². The highest BCUT2D eigenvalue weighted by Gasteiger charge is 2.34. The third kappa shape index (κ3) is 6.41. The lowest BCUT2D eigenvalue weighted by Gasteiger charge is -2.33. The highest BCUT2D eigenvalue weighted by molar-refractivity contribution is 6.04. The summed E-state index contributed by atoms with van der Waals surface area (Å²) in [7, 11) is 0. The molecule has 0 saturated carbocycles. The normalized spacial score (nSPS) is 14.4. The van der Waals surface area contributed by atoms with Crippen LogP contribution in [0.15, 0.2) is 164 Å². The van der Waals surface area contributed by atoms with Crippen molar-refractivity contribution in [3.8, 4) is 0 Å². The van der Waals surface area contributed by atoms with E-state index < -0.39 is 0 Å². The lowest BCUT2D eigenvalue weighted by Crippen LogP contribution is -2.38.